The van der Waals surface area contributed by atoms with E-state index in [9.17, 15) is 9.59 Å². The highest BCUT2D eigenvalue weighted by Crippen LogP contribution is 2.28. The molecule has 0 atom stereocenters. The SMILES string of the molecule is Cc1cc(=O)[nH]c2nnc(SCC(=O)N3CCc4ccccc43)n12. The van der Waals surface area contributed by atoms with Crippen molar-refractivity contribution in [3.8, 4) is 0 Å². The quantitative estimate of drug-likeness (QED) is 0.728. The molecule has 1 aliphatic heterocycles. The molecule has 4 rings (SSSR count). The minimum Gasteiger partial charge on any atom is -0.311 e. The van der Waals surface area contributed by atoms with E-state index in [1.54, 1.807) is 4.40 Å². The number of hydrogen-bond donors (Lipinski definition) is 1. The summed E-state index contributed by atoms with van der Waals surface area (Å²) in [6, 6.07) is 9.46. The van der Waals surface area contributed by atoms with Crippen LogP contribution in [0, 0.1) is 6.92 Å². The van der Waals surface area contributed by atoms with Crippen molar-refractivity contribution in [1.82, 2.24) is 19.6 Å². The monoisotopic (exact) mass is 341 g/mol. The van der Waals surface area contributed by atoms with E-state index >= 15 is 0 Å². The van der Waals surface area contributed by atoms with E-state index in [2.05, 4.69) is 21.2 Å². The molecule has 7 nitrogen and oxygen atoms in total. The molecule has 0 saturated heterocycles. The molecule has 0 spiro atoms. The highest BCUT2D eigenvalue weighted by molar-refractivity contribution is 7.99. The van der Waals surface area contributed by atoms with Crippen LogP contribution in [0.25, 0.3) is 5.78 Å². The summed E-state index contributed by atoms with van der Waals surface area (Å²) in [6.45, 7) is 2.53. The van der Waals surface area contributed by atoms with Crippen LogP contribution in [0.4, 0.5) is 5.69 Å². The van der Waals surface area contributed by atoms with Gasteiger partial charge in [0.25, 0.3) is 5.56 Å². The molecule has 0 saturated carbocycles. The minimum atomic E-state index is -0.214. The largest absolute Gasteiger partial charge is 0.311 e. The summed E-state index contributed by atoms with van der Waals surface area (Å²) >= 11 is 1.32. The van der Waals surface area contributed by atoms with Gasteiger partial charge < -0.3 is 4.90 Å². The van der Waals surface area contributed by atoms with Gasteiger partial charge in [0.05, 0.1) is 5.75 Å². The van der Waals surface area contributed by atoms with Crippen LogP contribution in [0.5, 0.6) is 0 Å². The Kier molecular flexibility index (Phi) is 3.61. The summed E-state index contributed by atoms with van der Waals surface area (Å²) in [7, 11) is 0. The van der Waals surface area contributed by atoms with E-state index in [0.717, 1.165) is 17.8 Å². The molecule has 1 aliphatic rings. The van der Waals surface area contributed by atoms with Gasteiger partial charge in [-0.2, -0.15) is 0 Å². The van der Waals surface area contributed by atoms with Gasteiger partial charge in [-0.05, 0) is 25.0 Å². The van der Waals surface area contributed by atoms with Crippen LogP contribution in [0.1, 0.15) is 11.3 Å². The Labute approximate surface area is 141 Å². The number of nitrogens with one attached hydrogen (secondary N) is 1. The summed E-state index contributed by atoms with van der Waals surface area (Å²) in [4.78, 5) is 28.5. The molecule has 2 aromatic heterocycles. The van der Waals surface area contributed by atoms with Crippen LogP contribution >= 0.6 is 11.8 Å². The predicted molar refractivity (Wildman–Crippen MR) is 91.6 cm³/mol. The first kappa shape index (κ1) is 14.9. The molecule has 0 bridgehead atoms. The van der Waals surface area contributed by atoms with Crippen LogP contribution in [0.15, 0.2) is 40.3 Å². The number of hydrogen-bond acceptors (Lipinski definition) is 5. The molecule has 122 valence electrons. The molecule has 0 fully saturated rings. The second kappa shape index (κ2) is 5.79. The lowest BCUT2D eigenvalue weighted by Crippen LogP contribution is -2.30. The number of aromatic nitrogens is 4. The average molecular weight is 341 g/mol. The minimum absolute atomic E-state index is 0.0452. The number of para-hydroxylation sites is 1. The fourth-order valence-electron chi connectivity index (χ4n) is 2.96. The van der Waals surface area contributed by atoms with Gasteiger partial charge in [-0.3, -0.25) is 19.0 Å². The van der Waals surface area contributed by atoms with Crippen LogP contribution in [0.2, 0.25) is 0 Å². The van der Waals surface area contributed by atoms with Crippen molar-refractivity contribution in [3.63, 3.8) is 0 Å². The zero-order chi connectivity index (χ0) is 16.7. The van der Waals surface area contributed by atoms with Crippen molar-refractivity contribution >= 4 is 29.1 Å². The molecule has 0 unspecified atom stereocenters. The molecule has 0 radical (unpaired) electrons. The molecular weight excluding hydrogens is 326 g/mol. The van der Waals surface area contributed by atoms with Crippen molar-refractivity contribution in [2.75, 3.05) is 17.2 Å². The number of anilines is 1. The molecule has 24 heavy (non-hydrogen) atoms. The molecule has 0 aliphatic carbocycles. The third-order valence-corrected chi connectivity index (χ3v) is 4.99. The second-order valence-electron chi connectivity index (χ2n) is 5.63. The van der Waals surface area contributed by atoms with Gasteiger partial charge in [-0.25, -0.2) is 0 Å². The topological polar surface area (TPSA) is 83.4 Å². The second-order valence-corrected chi connectivity index (χ2v) is 6.57. The lowest BCUT2D eigenvalue weighted by Gasteiger charge is -2.16. The normalized spacial score (nSPS) is 13.5. The molecule has 1 N–H and O–H groups in total. The molecule has 8 heteroatoms. The Bertz CT molecular complexity index is 994. The Balaban J connectivity index is 1.54. The third kappa shape index (κ3) is 2.48. The number of thioether (sulfide) groups is 1. The van der Waals surface area contributed by atoms with Crippen LogP contribution in [-0.2, 0) is 11.2 Å². The summed E-state index contributed by atoms with van der Waals surface area (Å²) < 4.78 is 1.75. The number of fused-ring (bicyclic) bond motifs is 2. The maximum Gasteiger partial charge on any atom is 0.252 e. The highest BCUT2D eigenvalue weighted by atomic mass is 32.2. The molecule has 1 amide bonds. The lowest BCUT2D eigenvalue weighted by atomic mass is 10.2. The first-order valence-corrected chi connectivity index (χ1v) is 8.58. The first-order chi connectivity index (χ1) is 11.6. The Hall–Kier alpha value is -2.61. The van der Waals surface area contributed by atoms with Crippen LogP contribution in [-0.4, -0.2) is 37.8 Å². The van der Waals surface area contributed by atoms with Crippen molar-refractivity contribution in [3.05, 3.63) is 51.9 Å². The Morgan fingerprint density at radius 2 is 2.17 bits per heavy atom. The third-order valence-electron chi connectivity index (χ3n) is 4.07. The van der Waals surface area contributed by atoms with Crippen LogP contribution in [0.3, 0.4) is 0 Å². The number of aryl methyl sites for hydroxylation is 1. The summed E-state index contributed by atoms with van der Waals surface area (Å²) in [5.41, 5.74) is 2.72. The Morgan fingerprint density at radius 1 is 1.33 bits per heavy atom. The van der Waals surface area contributed by atoms with Gasteiger partial charge in [0, 0.05) is 24.0 Å². The highest BCUT2D eigenvalue weighted by Gasteiger charge is 2.24. The number of carbonyl (C=O) groups is 1. The van der Waals surface area contributed by atoms with Gasteiger partial charge in [-0.15, -0.1) is 10.2 Å². The number of benzene rings is 1. The van der Waals surface area contributed by atoms with Crippen molar-refractivity contribution in [2.24, 2.45) is 0 Å². The maximum atomic E-state index is 12.6. The van der Waals surface area contributed by atoms with E-state index in [-0.39, 0.29) is 17.2 Å². The number of amides is 1. The van der Waals surface area contributed by atoms with E-state index in [1.807, 2.05) is 30.0 Å². The molecular formula is C16H15N5O2S. The number of H-pyrrole nitrogens is 1. The standard InChI is InChI=1S/C16H15N5O2S/c1-10-8-13(22)17-15-18-19-16(21(10)15)24-9-14(23)20-7-6-11-4-2-3-5-12(11)20/h2-5,8H,6-7,9H2,1H3,(H,17,18,22). The first-order valence-electron chi connectivity index (χ1n) is 7.59. The summed E-state index contributed by atoms with van der Waals surface area (Å²) in [6.07, 6.45) is 0.890. The Morgan fingerprint density at radius 3 is 3.04 bits per heavy atom. The van der Waals surface area contributed by atoms with Crippen molar-refractivity contribution in [2.45, 2.75) is 18.5 Å². The fourth-order valence-corrected chi connectivity index (χ4v) is 3.83. The summed E-state index contributed by atoms with van der Waals surface area (Å²) in [5.74, 6) is 0.707. The lowest BCUT2D eigenvalue weighted by molar-refractivity contribution is -0.116. The van der Waals surface area contributed by atoms with Gasteiger partial charge in [0.1, 0.15) is 0 Å². The smallest absolute Gasteiger partial charge is 0.252 e. The molecule has 1 aromatic carbocycles. The molecule has 3 aromatic rings. The van der Waals surface area contributed by atoms with Crippen molar-refractivity contribution < 1.29 is 4.79 Å². The zero-order valence-electron chi connectivity index (χ0n) is 13.0. The number of carbonyl (C=O) groups excluding carboxylic acids is 1. The van der Waals surface area contributed by atoms with Gasteiger partial charge in [-0.1, -0.05) is 30.0 Å². The fraction of sp³-hybridized carbons (Fsp3) is 0.250. The zero-order valence-corrected chi connectivity index (χ0v) is 13.8. The molecule has 3 heterocycles. The van der Waals surface area contributed by atoms with Crippen LogP contribution < -0.4 is 10.5 Å². The van der Waals surface area contributed by atoms with E-state index < -0.39 is 0 Å². The number of nitrogens with zero attached hydrogens (tertiary/aromatic N) is 4. The van der Waals surface area contributed by atoms with E-state index in [4.69, 9.17) is 0 Å². The maximum absolute atomic E-state index is 12.6. The predicted octanol–water partition coefficient (Wildman–Crippen LogP) is 1.41. The number of aromatic amines is 1. The van der Waals surface area contributed by atoms with E-state index in [0.29, 0.717) is 17.5 Å². The average Bonchev–Trinajstić information content (AvgIpc) is 3.16. The van der Waals surface area contributed by atoms with Gasteiger partial charge in [0.2, 0.25) is 11.7 Å². The summed E-state index contributed by atoms with van der Waals surface area (Å²) in [5, 5.41) is 8.64. The van der Waals surface area contributed by atoms with Gasteiger partial charge in [0.15, 0.2) is 5.16 Å². The van der Waals surface area contributed by atoms with Gasteiger partial charge >= 0.3 is 0 Å². The van der Waals surface area contributed by atoms with Crippen molar-refractivity contribution in [1.29, 1.82) is 0 Å². The number of rotatable bonds is 3. The van der Waals surface area contributed by atoms with E-state index in [1.165, 1.54) is 23.4 Å².